The van der Waals surface area contributed by atoms with Crippen molar-refractivity contribution in [2.75, 3.05) is 5.32 Å². The molecule has 1 unspecified atom stereocenters. The Morgan fingerprint density at radius 2 is 2.16 bits per heavy atom. The highest BCUT2D eigenvalue weighted by Crippen LogP contribution is 2.33. The molecule has 3 rings (SSSR count). The normalized spacial score (nSPS) is 13.2. The molecule has 0 aliphatic heterocycles. The molecule has 0 aliphatic carbocycles. The first-order chi connectivity index (χ1) is 11.8. The van der Waals surface area contributed by atoms with Crippen molar-refractivity contribution in [3.05, 3.63) is 35.5 Å². The molecule has 0 spiro atoms. The molecule has 3 heterocycles. The fourth-order valence-corrected chi connectivity index (χ4v) is 3.14. The third-order valence-corrected chi connectivity index (χ3v) is 4.58. The number of nitrogens with one attached hydrogen (secondary N) is 1. The first-order valence-corrected chi connectivity index (χ1v) is 8.34. The van der Waals surface area contributed by atoms with Crippen molar-refractivity contribution in [2.45, 2.75) is 26.4 Å². The van der Waals surface area contributed by atoms with Gasteiger partial charge in [-0.15, -0.1) is 11.3 Å². The second-order valence-electron chi connectivity index (χ2n) is 5.71. The third-order valence-electron chi connectivity index (χ3n) is 3.66. The lowest BCUT2D eigenvalue weighted by atomic mass is 10.1. The zero-order valence-electron chi connectivity index (χ0n) is 13.5. The number of halogens is 3. The van der Waals surface area contributed by atoms with Crippen LogP contribution in [0.4, 0.5) is 19.0 Å². The minimum atomic E-state index is -4.41. The van der Waals surface area contributed by atoms with E-state index in [1.54, 1.807) is 35.0 Å². The van der Waals surface area contributed by atoms with Crippen LogP contribution in [0.15, 0.2) is 30.6 Å². The van der Waals surface area contributed by atoms with Crippen LogP contribution in [0.25, 0.3) is 16.3 Å². The summed E-state index contributed by atoms with van der Waals surface area (Å²) in [5.41, 5.74) is 1.13. The minimum Gasteiger partial charge on any atom is -0.309 e. The lowest BCUT2D eigenvalue weighted by molar-refractivity contribution is -0.173. The predicted octanol–water partition coefficient (Wildman–Crippen LogP) is 4.29. The van der Waals surface area contributed by atoms with Gasteiger partial charge in [0.05, 0.1) is 5.92 Å². The summed E-state index contributed by atoms with van der Waals surface area (Å²) in [6, 6.07) is 5.34. The molecule has 1 atom stereocenters. The van der Waals surface area contributed by atoms with Crippen molar-refractivity contribution < 1.29 is 18.0 Å². The molecule has 25 heavy (non-hydrogen) atoms. The van der Waals surface area contributed by atoms with Gasteiger partial charge in [-0.25, -0.2) is 9.97 Å². The standard InChI is InChI=1S/C16H15F3N4OS/c1-9(16(17,18)19)7-12(24)22-14-13(15-20-8-10(2)25-15)23-6-4-3-5-11(23)21-14/h3-6,8-9H,7H2,1-2H3,(H,22,24). The Morgan fingerprint density at radius 3 is 2.80 bits per heavy atom. The second-order valence-corrected chi connectivity index (χ2v) is 6.94. The molecule has 9 heteroatoms. The van der Waals surface area contributed by atoms with Crippen LogP contribution >= 0.6 is 11.3 Å². The quantitative estimate of drug-likeness (QED) is 0.747. The maximum absolute atomic E-state index is 12.7. The number of pyridine rings is 1. The highest BCUT2D eigenvalue weighted by atomic mass is 32.1. The molecule has 5 nitrogen and oxygen atoms in total. The van der Waals surface area contributed by atoms with Crippen LogP contribution in [-0.4, -0.2) is 26.5 Å². The van der Waals surface area contributed by atoms with Crippen molar-refractivity contribution in [1.29, 1.82) is 0 Å². The molecule has 132 valence electrons. The van der Waals surface area contributed by atoms with Gasteiger partial charge in [0.25, 0.3) is 0 Å². The number of aryl methyl sites for hydroxylation is 1. The molecule has 1 N–H and O–H groups in total. The zero-order chi connectivity index (χ0) is 18.2. The van der Waals surface area contributed by atoms with Crippen LogP contribution in [-0.2, 0) is 4.79 Å². The summed E-state index contributed by atoms with van der Waals surface area (Å²) in [5.74, 6) is -2.25. The van der Waals surface area contributed by atoms with Gasteiger partial charge < -0.3 is 5.32 Å². The fraction of sp³-hybridized carbons (Fsp3) is 0.312. The first kappa shape index (κ1) is 17.4. The monoisotopic (exact) mass is 368 g/mol. The summed E-state index contributed by atoms with van der Waals surface area (Å²) in [6.07, 6.45) is -1.61. The minimum absolute atomic E-state index is 0.208. The Morgan fingerprint density at radius 1 is 1.40 bits per heavy atom. The number of anilines is 1. The van der Waals surface area contributed by atoms with Crippen molar-refractivity contribution in [3.8, 4) is 10.7 Å². The highest BCUT2D eigenvalue weighted by Gasteiger charge is 2.37. The number of nitrogens with zero attached hydrogens (tertiary/aromatic N) is 3. The fourth-order valence-electron chi connectivity index (χ4n) is 2.33. The lowest BCUT2D eigenvalue weighted by Crippen LogP contribution is -2.25. The van der Waals surface area contributed by atoms with Crippen LogP contribution in [0.1, 0.15) is 18.2 Å². The van der Waals surface area contributed by atoms with E-state index in [0.29, 0.717) is 16.3 Å². The van der Waals surface area contributed by atoms with E-state index in [9.17, 15) is 18.0 Å². The van der Waals surface area contributed by atoms with Crippen LogP contribution in [0.2, 0.25) is 0 Å². The average Bonchev–Trinajstić information content (AvgIpc) is 3.08. The molecule has 0 fully saturated rings. The van der Waals surface area contributed by atoms with Crippen molar-refractivity contribution >= 4 is 28.7 Å². The molecule has 1 amide bonds. The summed E-state index contributed by atoms with van der Waals surface area (Å²) >= 11 is 1.42. The Kier molecular flexibility index (Phi) is 4.51. The molecular weight excluding hydrogens is 353 g/mol. The zero-order valence-corrected chi connectivity index (χ0v) is 14.3. The molecule has 0 bridgehead atoms. The van der Waals surface area contributed by atoms with Crippen molar-refractivity contribution in [3.63, 3.8) is 0 Å². The number of rotatable bonds is 4. The van der Waals surface area contributed by atoms with Gasteiger partial charge in [0.15, 0.2) is 5.82 Å². The number of carbonyl (C=O) groups is 1. The SMILES string of the molecule is Cc1cnc(-c2c(NC(=O)CC(C)C(F)(F)F)nc3ccccn23)s1. The van der Waals surface area contributed by atoms with Gasteiger partial charge in [-0.3, -0.25) is 9.20 Å². The van der Waals surface area contributed by atoms with Gasteiger partial charge in [0.2, 0.25) is 5.91 Å². The Labute approximate surface area is 145 Å². The Hall–Kier alpha value is -2.42. The number of hydrogen-bond acceptors (Lipinski definition) is 4. The van der Waals surface area contributed by atoms with E-state index in [1.165, 1.54) is 11.3 Å². The number of aromatic nitrogens is 3. The van der Waals surface area contributed by atoms with E-state index in [0.717, 1.165) is 11.8 Å². The molecule has 0 saturated carbocycles. The summed E-state index contributed by atoms with van der Waals surface area (Å²) in [4.78, 5) is 21.7. The summed E-state index contributed by atoms with van der Waals surface area (Å²) in [6.45, 7) is 2.88. The Bertz CT molecular complexity index is 916. The summed E-state index contributed by atoms with van der Waals surface area (Å²) in [5, 5.41) is 3.14. The van der Waals surface area contributed by atoms with Gasteiger partial charge in [0, 0.05) is 23.7 Å². The van der Waals surface area contributed by atoms with Gasteiger partial charge in [0.1, 0.15) is 16.3 Å². The number of hydrogen-bond donors (Lipinski definition) is 1. The lowest BCUT2D eigenvalue weighted by Gasteiger charge is -2.14. The topological polar surface area (TPSA) is 59.3 Å². The van der Waals surface area contributed by atoms with E-state index in [2.05, 4.69) is 15.3 Å². The average molecular weight is 368 g/mol. The number of carbonyl (C=O) groups excluding carboxylic acids is 1. The largest absolute Gasteiger partial charge is 0.392 e. The van der Waals surface area contributed by atoms with E-state index in [4.69, 9.17) is 0 Å². The Balaban J connectivity index is 1.95. The van der Waals surface area contributed by atoms with Gasteiger partial charge in [-0.2, -0.15) is 13.2 Å². The number of fused-ring (bicyclic) bond motifs is 1. The van der Waals surface area contributed by atoms with Crippen LogP contribution in [0.3, 0.4) is 0 Å². The maximum Gasteiger partial charge on any atom is 0.392 e. The maximum atomic E-state index is 12.7. The molecule has 0 saturated heterocycles. The van der Waals surface area contributed by atoms with Crippen LogP contribution < -0.4 is 5.32 Å². The number of imidazole rings is 1. The number of amides is 1. The van der Waals surface area contributed by atoms with Gasteiger partial charge in [-0.1, -0.05) is 13.0 Å². The van der Waals surface area contributed by atoms with E-state index in [1.807, 2.05) is 6.92 Å². The van der Waals surface area contributed by atoms with E-state index < -0.39 is 24.4 Å². The molecule has 3 aromatic heterocycles. The molecule has 3 aromatic rings. The van der Waals surface area contributed by atoms with Gasteiger partial charge in [-0.05, 0) is 19.1 Å². The van der Waals surface area contributed by atoms with E-state index >= 15 is 0 Å². The summed E-state index contributed by atoms with van der Waals surface area (Å²) in [7, 11) is 0. The van der Waals surface area contributed by atoms with Crippen molar-refractivity contribution in [1.82, 2.24) is 14.4 Å². The van der Waals surface area contributed by atoms with Crippen LogP contribution in [0.5, 0.6) is 0 Å². The van der Waals surface area contributed by atoms with Crippen LogP contribution in [0, 0.1) is 12.8 Å². The molecule has 0 aromatic carbocycles. The molecule has 0 aliphatic rings. The smallest absolute Gasteiger partial charge is 0.309 e. The van der Waals surface area contributed by atoms with Crippen molar-refractivity contribution in [2.24, 2.45) is 5.92 Å². The molecule has 0 radical (unpaired) electrons. The number of alkyl halides is 3. The third kappa shape index (κ3) is 3.65. The molecular formula is C16H15F3N4OS. The number of thiazole rings is 1. The second kappa shape index (κ2) is 6.47. The highest BCUT2D eigenvalue weighted by molar-refractivity contribution is 7.15. The van der Waals surface area contributed by atoms with E-state index in [-0.39, 0.29) is 5.82 Å². The predicted molar refractivity (Wildman–Crippen MR) is 89.5 cm³/mol. The van der Waals surface area contributed by atoms with Gasteiger partial charge >= 0.3 is 6.18 Å². The first-order valence-electron chi connectivity index (χ1n) is 7.52. The summed E-state index contributed by atoms with van der Waals surface area (Å²) < 4.78 is 39.7.